The van der Waals surface area contributed by atoms with Crippen molar-refractivity contribution in [2.24, 2.45) is 0 Å². The molecule has 1 aliphatic heterocycles. The molecule has 1 unspecified atom stereocenters. The van der Waals surface area contributed by atoms with Gasteiger partial charge in [0, 0.05) is 23.8 Å². The minimum absolute atomic E-state index is 0.330. The van der Waals surface area contributed by atoms with Crippen LogP contribution in [0.15, 0.2) is 59.9 Å². The van der Waals surface area contributed by atoms with Crippen molar-refractivity contribution in [3.8, 4) is 0 Å². The van der Waals surface area contributed by atoms with Gasteiger partial charge >= 0.3 is 6.03 Å². The number of H-pyrrole nitrogens is 1. The lowest BCUT2D eigenvalue weighted by atomic mass is 9.93. The topological polar surface area (TPSA) is 90.1 Å². The number of aromatic nitrogens is 2. The Morgan fingerprint density at radius 2 is 1.96 bits per heavy atom. The number of fused-ring (bicyclic) bond motifs is 1. The molecule has 1 aliphatic rings. The maximum Gasteiger partial charge on any atom is 0.322 e. The smallest absolute Gasteiger partial charge is 0.322 e. The highest BCUT2D eigenvalue weighted by molar-refractivity contribution is 6.07. The van der Waals surface area contributed by atoms with Gasteiger partial charge < -0.3 is 15.5 Å². The normalized spacial score (nSPS) is 17.0. The van der Waals surface area contributed by atoms with Crippen LogP contribution < -0.4 is 10.6 Å². The van der Waals surface area contributed by atoms with Crippen molar-refractivity contribution in [3.05, 3.63) is 71.3 Å². The molecular formula is C20H18FN5O2. The molecule has 7 nitrogen and oxygen atoms in total. The van der Waals surface area contributed by atoms with Crippen molar-refractivity contribution in [2.45, 2.75) is 13.0 Å². The van der Waals surface area contributed by atoms with Gasteiger partial charge in [0.05, 0.1) is 23.3 Å². The highest BCUT2D eigenvalue weighted by atomic mass is 19.1. The minimum atomic E-state index is -0.632. The van der Waals surface area contributed by atoms with Gasteiger partial charge in [0.15, 0.2) is 0 Å². The fraction of sp³-hybridized carbons (Fsp3) is 0.150. The van der Waals surface area contributed by atoms with Crippen molar-refractivity contribution < 1.29 is 14.0 Å². The van der Waals surface area contributed by atoms with Gasteiger partial charge in [0.1, 0.15) is 5.82 Å². The van der Waals surface area contributed by atoms with Crippen LogP contribution in [-0.4, -0.2) is 34.1 Å². The first-order valence-corrected chi connectivity index (χ1v) is 8.68. The number of nitrogens with zero attached hydrogens (tertiary/aromatic N) is 2. The number of nitrogens with one attached hydrogen (secondary N) is 3. The molecule has 0 fully saturated rings. The summed E-state index contributed by atoms with van der Waals surface area (Å²) in [6, 6.07) is 10.2. The summed E-state index contributed by atoms with van der Waals surface area (Å²) in [7, 11) is 1.60. The Labute approximate surface area is 160 Å². The van der Waals surface area contributed by atoms with Crippen LogP contribution in [-0.2, 0) is 4.79 Å². The number of carbonyl (C=O) groups is 2. The molecule has 1 aromatic heterocycles. The average Bonchev–Trinajstić information content (AvgIpc) is 3.13. The molecule has 3 aromatic rings. The first-order valence-electron chi connectivity index (χ1n) is 8.68. The van der Waals surface area contributed by atoms with Crippen molar-refractivity contribution in [1.82, 2.24) is 20.4 Å². The standard InChI is InChI=1S/C20H18FN5O2/c1-11-17(19(27)24-15-7-8-16-13(9-15)10-22-25-16)18(26(2)20(28)23-11)12-3-5-14(21)6-4-12/h3-10,18H,1-2H3,(H,22,25)(H,23,28)(H,24,27). The third kappa shape index (κ3) is 3.09. The molecule has 0 saturated carbocycles. The number of hydrogen-bond donors (Lipinski definition) is 3. The zero-order chi connectivity index (χ0) is 19.8. The summed E-state index contributed by atoms with van der Waals surface area (Å²) in [5.74, 6) is -0.728. The minimum Gasteiger partial charge on any atom is -0.322 e. The fourth-order valence-electron chi connectivity index (χ4n) is 3.38. The van der Waals surface area contributed by atoms with Crippen molar-refractivity contribution in [3.63, 3.8) is 0 Å². The average molecular weight is 379 g/mol. The number of halogens is 1. The Bertz CT molecular complexity index is 1100. The molecule has 1 atom stereocenters. The van der Waals surface area contributed by atoms with E-state index in [0.717, 1.165) is 10.9 Å². The summed E-state index contributed by atoms with van der Waals surface area (Å²) < 4.78 is 13.4. The Hall–Kier alpha value is -3.68. The molecule has 0 bridgehead atoms. The molecule has 2 aromatic carbocycles. The van der Waals surface area contributed by atoms with E-state index in [1.165, 1.54) is 17.0 Å². The number of urea groups is 1. The lowest BCUT2D eigenvalue weighted by molar-refractivity contribution is -0.113. The van der Waals surface area contributed by atoms with Crippen LogP contribution >= 0.6 is 0 Å². The SMILES string of the molecule is CC1=C(C(=O)Nc2ccc3[nH]ncc3c2)C(c2ccc(F)cc2)N(C)C(=O)N1. The highest BCUT2D eigenvalue weighted by Crippen LogP contribution is 2.33. The van der Waals surface area contributed by atoms with E-state index in [9.17, 15) is 14.0 Å². The summed E-state index contributed by atoms with van der Waals surface area (Å²) in [4.78, 5) is 26.8. The molecule has 8 heteroatoms. The molecule has 0 spiro atoms. The lowest BCUT2D eigenvalue weighted by Crippen LogP contribution is -2.47. The molecule has 4 rings (SSSR count). The van der Waals surface area contributed by atoms with Gasteiger partial charge in [-0.05, 0) is 42.8 Å². The van der Waals surface area contributed by atoms with Crippen LogP contribution in [0.3, 0.4) is 0 Å². The van der Waals surface area contributed by atoms with E-state index < -0.39 is 6.04 Å². The molecule has 142 valence electrons. The Kier molecular flexibility index (Phi) is 4.31. The summed E-state index contributed by atoms with van der Waals surface area (Å²) in [5, 5.41) is 13.3. The number of carbonyl (C=O) groups excluding carboxylic acids is 2. The number of rotatable bonds is 3. The molecule has 3 amide bonds. The zero-order valence-electron chi connectivity index (χ0n) is 15.3. The molecular weight excluding hydrogens is 361 g/mol. The van der Waals surface area contributed by atoms with Crippen molar-refractivity contribution >= 4 is 28.5 Å². The van der Waals surface area contributed by atoms with Gasteiger partial charge in [-0.25, -0.2) is 9.18 Å². The van der Waals surface area contributed by atoms with E-state index >= 15 is 0 Å². The summed E-state index contributed by atoms with van der Waals surface area (Å²) in [6.07, 6.45) is 1.67. The Balaban J connectivity index is 1.70. The first kappa shape index (κ1) is 17.7. The van der Waals surface area contributed by atoms with E-state index in [2.05, 4.69) is 20.8 Å². The van der Waals surface area contributed by atoms with Gasteiger partial charge in [0.25, 0.3) is 5.91 Å². The van der Waals surface area contributed by atoms with Crippen LogP contribution in [0.1, 0.15) is 18.5 Å². The van der Waals surface area contributed by atoms with Crippen LogP contribution in [0, 0.1) is 5.82 Å². The van der Waals surface area contributed by atoms with Gasteiger partial charge in [-0.3, -0.25) is 9.89 Å². The second-order valence-electron chi connectivity index (χ2n) is 6.66. The maximum atomic E-state index is 13.4. The second-order valence-corrected chi connectivity index (χ2v) is 6.66. The summed E-state index contributed by atoms with van der Waals surface area (Å²) in [6.45, 7) is 1.68. The van der Waals surface area contributed by atoms with Crippen molar-refractivity contribution in [1.29, 1.82) is 0 Å². The Morgan fingerprint density at radius 1 is 1.21 bits per heavy atom. The zero-order valence-corrected chi connectivity index (χ0v) is 15.3. The number of likely N-dealkylation sites (N-methyl/N-ethyl adjacent to an activating group) is 1. The van der Waals surface area contributed by atoms with Gasteiger partial charge in [-0.15, -0.1) is 0 Å². The molecule has 0 aliphatic carbocycles. The third-order valence-electron chi connectivity index (χ3n) is 4.81. The molecule has 28 heavy (non-hydrogen) atoms. The number of anilines is 1. The quantitative estimate of drug-likeness (QED) is 0.652. The lowest BCUT2D eigenvalue weighted by Gasteiger charge is -2.35. The molecule has 0 radical (unpaired) electrons. The van der Waals surface area contributed by atoms with E-state index in [1.54, 1.807) is 38.4 Å². The largest absolute Gasteiger partial charge is 0.322 e. The monoisotopic (exact) mass is 379 g/mol. The van der Waals surface area contributed by atoms with Crippen LogP contribution in [0.2, 0.25) is 0 Å². The van der Waals surface area contributed by atoms with Gasteiger partial charge in [-0.1, -0.05) is 12.1 Å². The predicted octanol–water partition coefficient (Wildman–Crippen LogP) is 3.31. The fourth-order valence-corrected chi connectivity index (χ4v) is 3.38. The number of hydrogen-bond acceptors (Lipinski definition) is 3. The predicted molar refractivity (Wildman–Crippen MR) is 103 cm³/mol. The van der Waals surface area contributed by atoms with E-state index in [1.807, 2.05) is 12.1 Å². The Morgan fingerprint density at radius 3 is 2.71 bits per heavy atom. The molecule has 3 N–H and O–H groups in total. The number of aromatic amines is 1. The second kappa shape index (κ2) is 6.80. The van der Waals surface area contributed by atoms with Gasteiger partial charge in [-0.2, -0.15) is 5.10 Å². The molecule has 2 heterocycles. The summed E-state index contributed by atoms with van der Waals surface area (Å²) in [5.41, 5.74) is 2.97. The molecule has 0 saturated heterocycles. The van der Waals surface area contributed by atoms with E-state index in [4.69, 9.17) is 0 Å². The maximum absolute atomic E-state index is 13.4. The third-order valence-corrected chi connectivity index (χ3v) is 4.81. The number of allylic oxidation sites excluding steroid dienone is 1. The van der Waals surface area contributed by atoms with E-state index in [0.29, 0.717) is 22.5 Å². The number of benzene rings is 2. The van der Waals surface area contributed by atoms with Crippen molar-refractivity contribution in [2.75, 3.05) is 12.4 Å². The van der Waals surface area contributed by atoms with Crippen LogP contribution in [0.25, 0.3) is 10.9 Å². The van der Waals surface area contributed by atoms with Crippen LogP contribution in [0.4, 0.5) is 14.9 Å². The highest BCUT2D eigenvalue weighted by Gasteiger charge is 2.35. The first-order chi connectivity index (χ1) is 13.4. The summed E-state index contributed by atoms with van der Waals surface area (Å²) >= 11 is 0. The van der Waals surface area contributed by atoms with E-state index in [-0.39, 0.29) is 17.8 Å². The van der Waals surface area contributed by atoms with Gasteiger partial charge in [0.2, 0.25) is 0 Å². The number of amides is 3. The van der Waals surface area contributed by atoms with Crippen LogP contribution in [0.5, 0.6) is 0 Å².